The molecule has 0 saturated carbocycles. The van der Waals surface area contributed by atoms with Crippen molar-refractivity contribution in [1.29, 1.82) is 0 Å². The highest BCUT2D eigenvalue weighted by molar-refractivity contribution is 6.31. The molecule has 6 heteroatoms. The summed E-state index contributed by atoms with van der Waals surface area (Å²) in [6, 6.07) is 3.52. The van der Waals surface area contributed by atoms with Gasteiger partial charge in [0.1, 0.15) is 0 Å². The lowest BCUT2D eigenvalue weighted by Gasteiger charge is -2.06. The molecule has 2 aromatic rings. The molecule has 0 bridgehead atoms. The molecule has 0 aliphatic heterocycles. The maximum atomic E-state index is 6.03. The predicted octanol–water partition coefficient (Wildman–Crippen LogP) is 2.46. The van der Waals surface area contributed by atoms with Crippen molar-refractivity contribution in [2.24, 2.45) is 0 Å². The van der Waals surface area contributed by atoms with Crippen molar-refractivity contribution in [1.82, 2.24) is 20.1 Å². The molecule has 0 saturated heterocycles. The van der Waals surface area contributed by atoms with E-state index in [0.717, 1.165) is 12.2 Å². The van der Waals surface area contributed by atoms with Gasteiger partial charge in [0.2, 0.25) is 5.88 Å². The van der Waals surface area contributed by atoms with Gasteiger partial charge in [-0.15, -0.1) is 0 Å². The Hall–Kier alpha value is -1.59. The first-order valence-corrected chi connectivity index (χ1v) is 6.11. The second-order valence-corrected chi connectivity index (χ2v) is 4.15. The summed E-state index contributed by atoms with van der Waals surface area (Å²) in [5.41, 5.74) is 0.763. The highest BCUT2D eigenvalue weighted by Crippen LogP contribution is 2.22. The SMILES string of the molecule is CCn1cc(Oc2ccc(Cl)c(CNC)n2)cn1. The zero-order chi connectivity index (χ0) is 13.0. The Morgan fingerprint density at radius 1 is 1.44 bits per heavy atom. The van der Waals surface area contributed by atoms with Crippen LogP contribution in [0.4, 0.5) is 0 Å². The lowest BCUT2D eigenvalue weighted by Crippen LogP contribution is -2.07. The molecule has 5 nitrogen and oxygen atoms in total. The summed E-state index contributed by atoms with van der Waals surface area (Å²) in [6.07, 6.45) is 3.49. The average molecular weight is 267 g/mol. The first kappa shape index (κ1) is 12.9. The van der Waals surface area contributed by atoms with Crippen molar-refractivity contribution in [3.8, 4) is 11.6 Å². The van der Waals surface area contributed by atoms with Gasteiger partial charge in [0.15, 0.2) is 5.75 Å². The van der Waals surface area contributed by atoms with E-state index in [2.05, 4.69) is 15.4 Å². The van der Waals surface area contributed by atoms with Crippen molar-refractivity contribution in [3.05, 3.63) is 35.2 Å². The summed E-state index contributed by atoms with van der Waals surface area (Å²) in [6.45, 7) is 3.43. The highest BCUT2D eigenvalue weighted by Gasteiger charge is 2.06. The van der Waals surface area contributed by atoms with E-state index in [1.165, 1.54) is 0 Å². The van der Waals surface area contributed by atoms with Crippen LogP contribution in [0.5, 0.6) is 11.6 Å². The minimum Gasteiger partial charge on any atom is -0.436 e. The molecular formula is C12H15ClN4O. The second-order valence-electron chi connectivity index (χ2n) is 3.74. The Labute approximate surface area is 111 Å². The van der Waals surface area contributed by atoms with Crippen LogP contribution in [-0.2, 0) is 13.1 Å². The number of hydrogen-bond acceptors (Lipinski definition) is 4. The summed E-state index contributed by atoms with van der Waals surface area (Å²) in [5, 5.41) is 7.77. The Morgan fingerprint density at radius 3 is 2.94 bits per heavy atom. The smallest absolute Gasteiger partial charge is 0.219 e. The minimum absolute atomic E-state index is 0.514. The van der Waals surface area contributed by atoms with Gasteiger partial charge in [0.25, 0.3) is 0 Å². The maximum Gasteiger partial charge on any atom is 0.219 e. The van der Waals surface area contributed by atoms with Crippen molar-refractivity contribution in [3.63, 3.8) is 0 Å². The molecule has 2 heterocycles. The van der Waals surface area contributed by atoms with Crippen LogP contribution in [0.25, 0.3) is 0 Å². The summed E-state index contributed by atoms with van der Waals surface area (Å²) in [4.78, 5) is 4.34. The van der Waals surface area contributed by atoms with Gasteiger partial charge in [-0.2, -0.15) is 5.10 Å². The van der Waals surface area contributed by atoms with Gasteiger partial charge in [-0.1, -0.05) is 11.6 Å². The average Bonchev–Trinajstić information content (AvgIpc) is 2.81. The Bertz CT molecular complexity index is 527. The third kappa shape index (κ3) is 3.00. The predicted molar refractivity (Wildman–Crippen MR) is 70.0 cm³/mol. The summed E-state index contributed by atoms with van der Waals surface area (Å²) in [7, 11) is 1.84. The van der Waals surface area contributed by atoms with Crippen molar-refractivity contribution in [2.45, 2.75) is 20.0 Å². The minimum atomic E-state index is 0.514. The molecule has 0 aliphatic rings. The number of nitrogens with one attached hydrogen (secondary N) is 1. The molecule has 0 aliphatic carbocycles. The van der Waals surface area contributed by atoms with Gasteiger partial charge in [0.05, 0.1) is 23.1 Å². The van der Waals surface area contributed by atoms with Crippen LogP contribution >= 0.6 is 11.6 Å². The van der Waals surface area contributed by atoms with E-state index < -0.39 is 0 Å². The maximum absolute atomic E-state index is 6.03. The Kier molecular flexibility index (Phi) is 4.17. The zero-order valence-electron chi connectivity index (χ0n) is 10.4. The second kappa shape index (κ2) is 5.84. The Morgan fingerprint density at radius 2 is 2.28 bits per heavy atom. The lowest BCUT2D eigenvalue weighted by atomic mass is 10.3. The molecular weight excluding hydrogens is 252 g/mol. The van der Waals surface area contributed by atoms with Crippen LogP contribution in [-0.4, -0.2) is 21.8 Å². The van der Waals surface area contributed by atoms with E-state index in [4.69, 9.17) is 16.3 Å². The fraction of sp³-hybridized carbons (Fsp3) is 0.333. The zero-order valence-corrected chi connectivity index (χ0v) is 11.1. The molecule has 0 aromatic carbocycles. The fourth-order valence-electron chi connectivity index (χ4n) is 1.50. The number of rotatable bonds is 5. The van der Waals surface area contributed by atoms with E-state index in [1.807, 2.05) is 20.2 Å². The lowest BCUT2D eigenvalue weighted by molar-refractivity contribution is 0.459. The normalized spacial score (nSPS) is 10.6. The van der Waals surface area contributed by atoms with Crippen LogP contribution in [0.1, 0.15) is 12.6 Å². The van der Waals surface area contributed by atoms with Gasteiger partial charge < -0.3 is 10.1 Å². The molecule has 0 atom stereocenters. The number of ether oxygens (including phenoxy) is 1. The molecule has 2 rings (SSSR count). The van der Waals surface area contributed by atoms with Gasteiger partial charge in [0, 0.05) is 19.2 Å². The van der Waals surface area contributed by atoms with Gasteiger partial charge in [-0.3, -0.25) is 4.68 Å². The topological polar surface area (TPSA) is 52.0 Å². The highest BCUT2D eigenvalue weighted by atomic mass is 35.5. The molecule has 0 radical (unpaired) electrons. The van der Waals surface area contributed by atoms with Gasteiger partial charge >= 0.3 is 0 Å². The number of aryl methyl sites for hydroxylation is 1. The van der Waals surface area contributed by atoms with E-state index in [9.17, 15) is 0 Å². The summed E-state index contributed by atoms with van der Waals surface area (Å²) < 4.78 is 7.41. The van der Waals surface area contributed by atoms with E-state index in [-0.39, 0.29) is 0 Å². The first-order chi connectivity index (χ1) is 8.72. The molecule has 1 N–H and O–H groups in total. The molecule has 0 amide bonds. The third-order valence-electron chi connectivity index (χ3n) is 2.39. The van der Waals surface area contributed by atoms with Crippen LogP contribution < -0.4 is 10.1 Å². The fourth-order valence-corrected chi connectivity index (χ4v) is 1.68. The number of halogens is 1. The largest absolute Gasteiger partial charge is 0.436 e. The molecule has 18 heavy (non-hydrogen) atoms. The molecule has 0 unspecified atom stereocenters. The molecule has 2 aromatic heterocycles. The van der Waals surface area contributed by atoms with Crippen LogP contribution in [0.15, 0.2) is 24.5 Å². The monoisotopic (exact) mass is 266 g/mol. The molecule has 0 fully saturated rings. The quantitative estimate of drug-likeness (QED) is 0.903. The molecule has 0 spiro atoms. The van der Waals surface area contributed by atoms with E-state index in [0.29, 0.717) is 23.2 Å². The number of pyridine rings is 1. The third-order valence-corrected chi connectivity index (χ3v) is 2.74. The van der Waals surface area contributed by atoms with E-state index in [1.54, 1.807) is 23.0 Å². The number of hydrogen-bond donors (Lipinski definition) is 1. The Balaban J connectivity index is 2.15. The van der Waals surface area contributed by atoms with Crippen LogP contribution in [0, 0.1) is 0 Å². The van der Waals surface area contributed by atoms with Crippen LogP contribution in [0.2, 0.25) is 5.02 Å². The van der Waals surface area contributed by atoms with E-state index >= 15 is 0 Å². The first-order valence-electron chi connectivity index (χ1n) is 5.73. The summed E-state index contributed by atoms with van der Waals surface area (Å²) >= 11 is 6.03. The number of aromatic nitrogens is 3. The van der Waals surface area contributed by atoms with Crippen LogP contribution in [0.3, 0.4) is 0 Å². The van der Waals surface area contributed by atoms with Crippen molar-refractivity contribution in [2.75, 3.05) is 7.05 Å². The van der Waals surface area contributed by atoms with Gasteiger partial charge in [-0.25, -0.2) is 4.98 Å². The standard InChI is InChI=1S/C12H15ClN4O/c1-3-17-8-9(6-15-17)18-12-5-4-10(13)11(16-12)7-14-2/h4-6,8,14H,3,7H2,1-2H3. The van der Waals surface area contributed by atoms with Crippen molar-refractivity contribution >= 4 is 11.6 Å². The van der Waals surface area contributed by atoms with Gasteiger partial charge in [-0.05, 0) is 20.0 Å². The molecule has 96 valence electrons. The summed E-state index contributed by atoms with van der Waals surface area (Å²) in [5.74, 6) is 1.18. The van der Waals surface area contributed by atoms with Crippen molar-refractivity contribution < 1.29 is 4.74 Å². The number of nitrogens with zero attached hydrogens (tertiary/aromatic N) is 3.